The molecule has 1 saturated heterocycles. The monoisotopic (exact) mass is 428 g/mol. The quantitative estimate of drug-likeness (QED) is 0.537. The summed E-state index contributed by atoms with van der Waals surface area (Å²) in [5.41, 5.74) is 4.04. The van der Waals surface area contributed by atoms with E-state index in [1.807, 2.05) is 21.7 Å². The summed E-state index contributed by atoms with van der Waals surface area (Å²) in [6.07, 6.45) is 3.70. The van der Waals surface area contributed by atoms with Gasteiger partial charge in [-0.05, 0) is 55.9 Å². The van der Waals surface area contributed by atoms with Crippen LogP contribution in [0.25, 0.3) is 0 Å². The molecule has 32 heavy (non-hydrogen) atoms. The zero-order valence-corrected chi connectivity index (χ0v) is 19.5. The van der Waals surface area contributed by atoms with Crippen molar-refractivity contribution in [3.05, 3.63) is 83.4 Å². The molecule has 0 radical (unpaired) electrons. The molecule has 5 nitrogen and oxygen atoms in total. The molecule has 0 aliphatic carbocycles. The maximum atomic E-state index is 13.7. The number of likely N-dealkylation sites (tertiary alicyclic amines) is 1. The predicted octanol–water partition coefficient (Wildman–Crippen LogP) is 5.68. The van der Waals surface area contributed by atoms with Gasteiger partial charge in [0.15, 0.2) is 0 Å². The molecule has 2 aliphatic rings. The van der Waals surface area contributed by atoms with Gasteiger partial charge in [-0.1, -0.05) is 56.3 Å². The summed E-state index contributed by atoms with van der Waals surface area (Å²) < 4.78 is 1.82. The van der Waals surface area contributed by atoms with Gasteiger partial charge in [-0.3, -0.25) is 14.4 Å². The van der Waals surface area contributed by atoms with E-state index in [0.29, 0.717) is 12.0 Å². The van der Waals surface area contributed by atoms with Gasteiger partial charge in [-0.25, -0.2) is 9.78 Å². The highest BCUT2D eigenvalue weighted by molar-refractivity contribution is 5.99. The summed E-state index contributed by atoms with van der Waals surface area (Å²) >= 11 is 0. The zero-order valence-electron chi connectivity index (χ0n) is 19.5. The van der Waals surface area contributed by atoms with Gasteiger partial charge < -0.3 is 0 Å². The van der Waals surface area contributed by atoms with Crippen LogP contribution in [-0.4, -0.2) is 33.1 Å². The van der Waals surface area contributed by atoms with Crippen LogP contribution in [0, 0.1) is 6.92 Å². The van der Waals surface area contributed by atoms with E-state index in [2.05, 4.69) is 81.1 Å². The van der Waals surface area contributed by atoms with Crippen LogP contribution < -0.4 is 4.90 Å². The molecule has 3 heterocycles. The van der Waals surface area contributed by atoms with Gasteiger partial charge in [-0.2, -0.15) is 0 Å². The first-order valence-electron chi connectivity index (χ1n) is 11.7. The molecular formula is C27H32N4O. The number of aryl methyl sites for hydroxylation is 1. The van der Waals surface area contributed by atoms with Gasteiger partial charge in [0.1, 0.15) is 11.4 Å². The maximum absolute atomic E-state index is 13.7. The number of hydrogen-bond donors (Lipinski definition) is 0. The first-order valence-corrected chi connectivity index (χ1v) is 11.7. The van der Waals surface area contributed by atoms with Crippen molar-refractivity contribution in [1.29, 1.82) is 0 Å². The summed E-state index contributed by atoms with van der Waals surface area (Å²) in [7, 11) is 0. The van der Waals surface area contributed by atoms with Crippen LogP contribution in [0.4, 0.5) is 10.5 Å². The Morgan fingerprint density at radius 1 is 1.12 bits per heavy atom. The molecule has 1 aromatic heterocycles. The van der Waals surface area contributed by atoms with Gasteiger partial charge in [0.2, 0.25) is 0 Å². The number of aromatic nitrogens is 2. The largest absolute Gasteiger partial charge is 0.335 e. The van der Waals surface area contributed by atoms with E-state index in [4.69, 9.17) is 4.98 Å². The molecule has 5 rings (SSSR count). The van der Waals surface area contributed by atoms with Gasteiger partial charge in [0.05, 0.1) is 5.69 Å². The molecule has 2 aromatic carbocycles. The fraction of sp³-hybridized carbons (Fsp3) is 0.407. The van der Waals surface area contributed by atoms with Crippen molar-refractivity contribution in [3.8, 4) is 0 Å². The molecule has 0 bridgehead atoms. The van der Waals surface area contributed by atoms with Crippen LogP contribution in [0.3, 0.4) is 0 Å². The topological polar surface area (TPSA) is 41.4 Å². The van der Waals surface area contributed by atoms with Crippen LogP contribution >= 0.6 is 0 Å². The van der Waals surface area contributed by atoms with Gasteiger partial charge >= 0.3 is 6.03 Å². The highest BCUT2D eigenvalue weighted by Crippen LogP contribution is 2.48. The first kappa shape index (κ1) is 21.0. The number of benzene rings is 2. The molecule has 0 saturated carbocycles. The fourth-order valence-electron chi connectivity index (χ4n) is 5.39. The molecule has 0 unspecified atom stereocenters. The van der Waals surface area contributed by atoms with Crippen molar-refractivity contribution in [2.75, 3.05) is 11.4 Å². The average molecular weight is 429 g/mol. The smallest absolute Gasteiger partial charge is 0.296 e. The van der Waals surface area contributed by atoms with Crippen LogP contribution in [0.2, 0.25) is 0 Å². The number of nitrogens with zero attached hydrogens (tertiary/aromatic N) is 4. The lowest BCUT2D eigenvalue weighted by Gasteiger charge is -2.47. The van der Waals surface area contributed by atoms with Crippen molar-refractivity contribution >= 4 is 11.7 Å². The third kappa shape index (κ3) is 3.36. The molecule has 1 amide bonds. The van der Waals surface area contributed by atoms with E-state index < -0.39 is 5.54 Å². The van der Waals surface area contributed by atoms with E-state index in [1.54, 1.807) is 0 Å². The van der Waals surface area contributed by atoms with Crippen molar-refractivity contribution in [1.82, 2.24) is 14.5 Å². The second-order valence-corrected chi connectivity index (χ2v) is 9.76. The third-order valence-corrected chi connectivity index (χ3v) is 7.12. The molecule has 166 valence electrons. The van der Waals surface area contributed by atoms with Crippen LogP contribution in [-0.2, 0) is 12.1 Å². The summed E-state index contributed by atoms with van der Waals surface area (Å²) in [6, 6.07) is 19.3. The minimum Gasteiger partial charge on any atom is -0.296 e. The van der Waals surface area contributed by atoms with E-state index in [9.17, 15) is 4.79 Å². The lowest BCUT2D eigenvalue weighted by molar-refractivity contribution is 0.0968. The number of carbonyl (C=O) groups excluding carboxylic acids is 1. The minimum atomic E-state index is -0.412. The van der Waals surface area contributed by atoms with Crippen molar-refractivity contribution in [3.63, 3.8) is 0 Å². The van der Waals surface area contributed by atoms with E-state index >= 15 is 0 Å². The summed E-state index contributed by atoms with van der Waals surface area (Å²) in [4.78, 5) is 23.3. The number of anilines is 1. The van der Waals surface area contributed by atoms with Crippen molar-refractivity contribution in [2.45, 2.75) is 64.6 Å². The van der Waals surface area contributed by atoms with Crippen LogP contribution in [0.1, 0.15) is 62.2 Å². The number of carbonyl (C=O) groups is 1. The standard InChI is InChI=1S/C27H32N4O/c1-19(2)24-18-30-25(28-24)27(31(26(30)32)23-12-8-9-20(3)15-23)13-14-29(21(4)16-27)17-22-10-6-5-7-11-22/h5-12,15,18-19,21H,13-14,16-17H2,1-4H3/t21-,27+/m0/s1. The number of imidazole rings is 1. The molecule has 5 heteroatoms. The number of piperidine rings is 1. The fourth-order valence-corrected chi connectivity index (χ4v) is 5.39. The molecule has 0 N–H and O–H groups in total. The van der Waals surface area contributed by atoms with Gasteiger partial charge in [0.25, 0.3) is 0 Å². The first-order chi connectivity index (χ1) is 15.4. The molecule has 2 atom stereocenters. The normalized spacial score (nSPS) is 23.3. The Balaban J connectivity index is 1.54. The molecule has 1 fully saturated rings. The number of amides is 1. The van der Waals surface area contributed by atoms with Crippen molar-refractivity contribution < 1.29 is 4.79 Å². The van der Waals surface area contributed by atoms with E-state index in [1.165, 1.54) is 5.56 Å². The van der Waals surface area contributed by atoms with E-state index in [0.717, 1.165) is 48.7 Å². The van der Waals surface area contributed by atoms with Gasteiger partial charge in [-0.15, -0.1) is 0 Å². The van der Waals surface area contributed by atoms with Crippen LogP contribution in [0.15, 0.2) is 60.8 Å². The van der Waals surface area contributed by atoms with E-state index in [-0.39, 0.29) is 6.03 Å². The van der Waals surface area contributed by atoms with Crippen LogP contribution in [0.5, 0.6) is 0 Å². The van der Waals surface area contributed by atoms with Gasteiger partial charge in [0, 0.05) is 31.0 Å². The Morgan fingerprint density at radius 3 is 2.59 bits per heavy atom. The Morgan fingerprint density at radius 2 is 1.91 bits per heavy atom. The Labute approximate surface area is 190 Å². The molecular weight excluding hydrogens is 396 g/mol. The number of fused-ring (bicyclic) bond motifs is 2. The zero-order chi connectivity index (χ0) is 22.5. The lowest BCUT2D eigenvalue weighted by atomic mass is 9.81. The summed E-state index contributed by atoms with van der Waals surface area (Å²) in [5, 5.41) is 0. The lowest BCUT2D eigenvalue weighted by Crippen LogP contribution is -2.55. The maximum Gasteiger partial charge on any atom is 0.335 e. The predicted molar refractivity (Wildman–Crippen MR) is 128 cm³/mol. The number of hydrogen-bond acceptors (Lipinski definition) is 3. The van der Waals surface area contributed by atoms with Crippen molar-refractivity contribution in [2.24, 2.45) is 0 Å². The summed E-state index contributed by atoms with van der Waals surface area (Å²) in [5.74, 6) is 1.21. The SMILES string of the molecule is Cc1cccc(N2C(=O)n3cc(C(C)C)nc3[C@]23CCN(Cc2ccccc2)[C@@H](C)C3)c1. The highest BCUT2D eigenvalue weighted by Gasteiger charge is 2.55. The summed E-state index contributed by atoms with van der Waals surface area (Å²) in [6.45, 7) is 10.5. The number of rotatable bonds is 4. The second kappa shape index (κ2) is 7.89. The molecule has 3 aromatic rings. The molecule has 2 aliphatic heterocycles. The highest BCUT2D eigenvalue weighted by atomic mass is 16.2. The second-order valence-electron chi connectivity index (χ2n) is 9.76. The Hall–Kier alpha value is -2.92. The Bertz CT molecular complexity index is 1140. The molecule has 1 spiro atoms. The average Bonchev–Trinajstić information content (AvgIpc) is 3.30. The Kier molecular flexibility index (Phi) is 5.17. The minimum absolute atomic E-state index is 0.0220. The third-order valence-electron chi connectivity index (χ3n) is 7.12.